The van der Waals surface area contributed by atoms with E-state index in [0.717, 1.165) is 30.9 Å². The fraction of sp³-hybridized carbons (Fsp3) is 0.400. The fourth-order valence-corrected chi connectivity index (χ4v) is 4.15. The van der Waals surface area contributed by atoms with Crippen molar-refractivity contribution in [3.8, 4) is 5.75 Å². The molecule has 2 fully saturated rings. The van der Waals surface area contributed by atoms with E-state index in [1.165, 1.54) is 0 Å². The van der Waals surface area contributed by atoms with Gasteiger partial charge in [0.2, 0.25) is 11.8 Å². The highest BCUT2D eigenvalue weighted by molar-refractivity contribution is 6.07. The zero-order chi connectivity index (χ0) is 23.2. The number of hydrogen-bond acceptors (Lipinski definition) is 5. The van der Waals surface area contributed by atoms with Gasteiger partial charge in [0.1, 0.15) is 5.75 Å². The summed E-state index contributed by atoms with van der Waals surface area (Å²) in [5, 5.41) is 5.74. The number of benzene rings is 2. The molecule has 0 saturated carbocycles. The second kappa shape index (κ2) is 10.5. The fourth-order valence-electron chi connectivity index (χ4n) is 4.15. The molecule has 4 rings (SSSR count). The summed E-state index contributed by atoms with van der Waals surface area (Å²) < 4.78 is 11.0. The summed E-state index contributed by atoms with van der Waals surface area (Å²) in [4.78, 5) is 39.8. The molecule has 0 unspecified atom stereocenters. The Morgan fingerprint density at radius 1 is 1.15 bits per heavy atom. The van der Waals surface area contributed by atoms with E-state index in [0.29, 0.717) is 24.4 Å². The molecule has 2 aromatic rings. The SMILES string of the molecule is CCOc1ccc(N2C[C@H](C(=O)Nc3ccccc3C(=O)NC[C@H]3CCCO3)CC2=O)cc1. The molecule has 0 bridgehead atoms. The van der Waals surface area contributed by atoms with Crippen LogP contribution < -0.4 is 20.3 Å². The van der Waals surface area contributed by atoms with Crippen molar-refractivity contribution in [3.63, 3.8) is 0 Å². The molecule has 2 N–H and O–H groups in total. The first-order chi connectivity index (χ1) is 16.0. The molecule has 2 saturated heterocycles. The first-order valence-corrected chi connectivity index (χ1v) is 11.4. The Morgan fingerprint density at radius 2 is 1.94 bits per heavy atom. The molecule has 2 atom stereocenters. The monoisotopic (exact) mass is 451 g/mol. The van der Waals surface area contributed by atoms with Crippen LogP contribution >= 0.6 is 0 Å². The number of anilines is 2. The van der Waals surface area contributed by atoms with Gasteiger partial charge in [0.15, 0.2) is 0 Å². The molecule has 0 radical (unpaired) electrons. The van der Waals surface area contributed by atoms with Crippen molar-refractivity contribution in [1.82, 2.24) is 5.32 Å². The van der Waals surface area contributed by atoms with Gasteiger partial charge in [-0.3, -0.25) is 14.4 Å². The van der Waals surface area contributed by atoms with E-state index in [1.807, 2.05) is 31.2 Å². The Hall–Kier alpha value is -3.39. The summed E-state index contributed by atoms with van der Waals surface area (Å²) in [6.45, 7) is 3.92. The van der Waals surface area contributed by atoms with Gasteiger partial charge in [0.05, 0.1) is 29.9 Å². The summed E-state index contributed by atoms with van der Waals surface area (Å²) >= 11 is 0. The van der Waals surface area contributed by atoms with Crippen LogP contribution in [0.3, 0.4) is 0 Å². The Labute approximate surface area is 193 Å². The van der Waals surface area contributed by atoms with Gasteiger partial charge >= 0.3 is 0 Å². The van der Waals surface area contributed by atoms with Crippen molar-refractivity contribution in [2.75, 3.05) is 36.5 Å². The first kappa shape index (κ1) is 22.8. The average Bonchev–Trinajstić information content (AvgIpc) is 3.48. The number of hydrogen-bond donors (Lipinski definition) is 2. The number of carbonyl (C=O) groups excluding carboxylic acids is 3. The van der Waals surface area contributed by atoms with Crippen LogP contribution in [-0.2, 0) is 14.3 Å². The quantitative estimate of drug-likeness (QED) is 0.643. The van der Waals surface area contributed by atoms with Gasteiger partial charge in [-0.15, -0.1) is 0 Å². The first-order valence-electron chi connectivity index (χ1n) is 11.4. The maximum Gasteiger partial charge on any atom is 0.253 e. The summed E-state index contributed by atoms with van der Waals surface area (Å²) in [6, 6.07) is 14.1. The average molecular weight is 452 g/mol. The molecule has 0 spiro atoms. The van der Waals surface area contributed by atoms with Gasteiger partial charge in [-0.1, -0.05) is 12.1 Å². The van der Waals surface area contributed by atoms with Crippen LogP contribution in [0.1, 0.15) is 36.5 Å². The Bertz CT molecular complexity index is 1000. The molecule has 0 aliphatic carbocycles. The number of carbonyl (C=O) groups is 3. The molecule has 174 valence electrons. The lowest BCUT2D eigenvalue weighted by molar-refractivity contribution is -0.122. The van der Waals surface area contributed by atoms with Crippen molar-refractivity contribution in [2.45, 2.75) is 32.3 Å². The van der Waals surface area contributed by atoms with Crippen LogP contribution in [-0.4, -0.2) is 50.1 Å². The van der Waals surface area contributed by atoms with Crippen molar-refractivity contribution < 1.29 is 23.9 Å². The third-order valence-corrected chi connectivity index (χ3v) is 5.90. The van der Waals surface area contributed by atoms with Crippen LogP contribution in [0.25, 0.3) is 0 Å². The zero-order valence-electron chi connectivity index (χ0n) is 18.7. The Balaban J connectivity index is 1.38. The maximum absolute atomic E-state index is 13.0. The van der Waals surface area contributed by atoms with E-state index in [4.69, 9.17) is 9.47 Å². The minimum absolute atomic E-state index is 0.0359. The van der Waals surface area contributed by atoms with Crippen LogP contribution in [0.2, 0.25) is 0 Å². The highest BCUT2D eigenvalue weighted by atomic mass is 16.5. The van der Waals surface area contributed by atoms with Crippen LogP contribution in [0, 0.1) is 5.92 Å². The predicted molar refractivity (Wildman–Crippen MR) is 124 cm³/mol. The molecule has 2 aliphatic rings. The van der Waals surface area contributed by atoms with E-state index < -0.39 is 5.92 Å². The topological polar surface area (TPSA) is 97.0 Å². The van der Waals surface area contributed by atoms with Crippen LogP contribution in [0.15, 0.2) is 48.5 Å². The van der Waals surface area contributed by atoms with E-state index in [-0.39, 0.29) is 36.8 Å². The zero-order valence-corrected chi connectivity index (χ0v) is 18.7. The number of amides is 3. The van der Waals surface area contributed by atoms with Gasteiger partial charge < -0.3 is 25.0 Å². The predicted octanol–water partition coefficient (Wildman–Crippen LogP) is 2.99. The third kappa shape index (κ3) is 5.51. The van der Waals surface area contributed by atoms with Crippen LogP contribution in [0.5, 0.6) is 5.75 Å². The lowest BCUT2D eigenvalue weighted by Gasteiger charge is -2.18. The lowest BCUT2D eigenvalue weighted by Crippen LogP contribution is -2.33. The van der Waals surface area contributed by atoms with Crippen molar-refractivity contribution in [2.24, 2.45) is 5.92 Å². The molecule has 2 aliphatic heterocycles. The van der Waals surface area contributed by atoms with Crippen molar-refractivity contribution >= 4 is 29.1 Å². The molecule has 33 heavy (non-hydrogen) atoms. The normalized spacial score (nSPS) is 20.0. The number of nitrogens with one attached hydrogen (secondary N) is 2. The third-order valence-electron chi connectivity index (χ3n) is 5.90. The molecule has 0 aromatic heterocycles. The highest BCUT2D eigenvalue weighted by Crippen LogP contribution is 2.28. The van der Waals surface area contributed by atoms with E-state index >= 15 is 0 Å². The number of ether oxygens (including phenoxy) is 2. The summed E-state index contributed by atoms with van der Waals surface area (Å²) in [5.74, 6) is -0.429. The number of rotatable bonds is 8. The van der Waals surface area contributed by atoms with Crippen LogP contribution in [0.4, 0.5) is 11.4 Å². The maximum atomic E-state index is 13.0. The molecule has 8 nitrogen and oxygen atoms in total. The standard InChI is InChI=1S/C25H29N3O5/c1-2-32-19-11-9-18(10-12-19)28-16-17(14-23(28)29)24(30)27-22-8-4-3-7-21(22)25(31)26-15-20-6-5-13-33-20/h3-4,7-12,17,20H,2,5-6,13-16H2,1H3,(H,26,31)(H,27,30)/t17-,20-/m1/s1. The largest absolute Gasteiger partial charge is 0.494 e. The van der Waals surface area contributed by atoms with Gasteiger partial charge in [-0.05, 0) is 56.2 Å². The number of para-hydroxylation sites is 1. The molecular weight excluding hydrogens is 422 g/mol. The van der Waals surface area contributed by atoms with Gasteiger partial charge in [-0.2, -0.15) is 0 Å². The smallest absolute Gasteiger partial charge is 0.253 e. The summed E-state index contributed by atoms with van der Waals surface area (Å²) in [7, 11) is 0. The van der Waals surface area contributed by atoms with Crippen molar-refractivity contribution in [1.29, 1.82) is 0 Å². The number of nitrogens with zero attached hydrogens (tertiary/aromatic N) is 1. The van der Waals surface area contributed by atoms with E-state index in [2.05, 4.69) is 10.6 Å². The second-order valence-electron chi connectivity index (χ2n) is 8.21. The van der Waals surface area contributed by atoms with E-state index in [1.54, 1.807) is 29.2 Å². The lowest BCUT2D eigenvalue weighted by atomic mass is 10.1. The molecule has 2 aromatic carbocycles. The van der Waals surface area contributed by atoms with Gasteiger partial charge in [0.25, 0.3) is 5.91 Å². The molecule has 2 heterocycles. The molecule has 8 heteroatoms. The Morgan fingerprint density at radius 3 is 2.67 bits per heavy atom. The molecular formula is C25H29N3O5. The summed E-state index contributed by atoms with van der Waals surface area (Å²) in [6.07, 6.45) is 2.08. The van der Waals surface area contributed by atoms with E-state index in [9.17, 15) is 14.4 Å². The van der Waals surface area contributed by atoms with Gasteiger partial charge in [0, 0.05) is 31.8 Å². The Kier molecular flexibility index (Phi) is 7.24. The van der Waals surface area contributed by atoms with Gasteiger partial charge in [-0.25, -0.2) is 0 Å². The minimum atomic E-state index is -0.507. The van der Waals surface area contributed by atoms with Crippen molar-refractivity contribution in [3.05, 3.63) is 54.1 Å². The minimum Gasteiger partial charge on any atom is -0.494 e. The molecule has 3 amide bonds. The summed E-state index contributed by atoms with van der Waals surface area (Å²) in [5.41, 5.74) is 1.54. The second-order valence-corrected chi connectivity index (χ2v) is 8.21. The highest BCUT2D eigenvalue weighted by Gasteiger charge is 2.35.